The molecule has 2 aromatic heterocycles. The van der Waals surface area contributed by atoms with Gasteiger partial charge in [0.25, 0.3) is 0 Å². The Morgan fingerprint density at radius 1 is 1.23 bits per heavy atom. The topological polar surface area (TPSA) is 87.6 Å². The third kappa shape index (κ3) is 4.40. The molecule has 9 heteroatoms. The maximum absolute atomic E-state index is 5.15. The van der Waals surface area contributed by atoms with E-state index in [9.17, 15) is 0 Å². The van der Waals surface area contributed by atoms with Crippen LogP contribution < -0.4 is 5.32 Å². The summed E-state index contributed by atoms with van der Waals surface area (Å²) in [5.74, 6) is 3.57. The molecule has 0 unspecified atom stereocenters. The van der Waals surface area contributed by atoms with Crippen molar-refractivity contribution in [3.8, 4) is 0 Å². The quantitative estimate of drug-likeness (QED) is 0.620. The van der Waals surface area contributed by atoms with Crippen LogP contribution in [-0.4, -0.2) is 68.4 Å². The lowest BCUT2D eigenvalue weighted by Gasteiger charge is -2.36. The predicted molar refractivity (Wildman–Crippen MR) is 98.6 cm³/mol. The van der Waals surface area contributed by atoms with Gasteiger partial charge < -0.3 is 19.3 Å². The zero-order valence-electron chi connectivity index (χ0n) is 16.1. The number of aromatic nitrogens is 4. The molecule has 1 aliphatic rings. The molecule has 1 aliphatic heterocycles. The molecule has 0 saturated carbocycles. The highest BCUT2D eigenvalue weighted by atomic mass is 16.5. The Morgan fingerprint density at radius 2 is 2.00 bits per heavy atom. The summed E-state index contributed by atoms with van der Waals surface area (Å²) in [5, 5.41) is 15.8. The average molecular weight is 360 g/mol. The van der Waals surface area contributed by atoms with Crippen LogP contribution in [0.15, 0.2) is 15.6 Å². The molecule has 0 radical (unpaired) electrons. The fourth-order valence-corrected chi connectivity index (χ4v) is 3.00. The minimum absolute atomic E-state index is 0.526. The molecule has 0 amide bonds. The Labute approximate surface area is 154 Å². The smallest absolute Gasteiger partial charge is 0.194 e. The standard InChI is InChI=1S/C17H28N8O/c1-5-18-17(19-11-16-21-20-14(3)23(16)4)25-8-6-24(7-9-25)12-15-10-13(2)26-22-15/h10H,5-9,11-12H2,1-4H3,(H,18,19). The summed E-state index contributed by atoms with van der Waals surface area (Å²) >= 11 is 0. The van der Waals surface area contributed by atoms with Gasteiger partial charge in [-0.15, -0.1) is 10.2 Å². The van der Waals surface area contributed by atoms with Crippen molar-refractivity contribution in [1.82, 2.24) is 35.0 Å². The van der Waals surface area contributed by atoms with Crippen molar-refractivity contribution in [2.75, 3.05) is 32.7 Å². The monoisotopic (exact) mass is 360 g/mol. The Hall–Kier alpha value is -2.42. The predicted octanol–water partition coefficient (Wildman–Crippen LogP) is 0.703. The van der Waals surface area contributed by atoms with Crippen LogP contribution in [-0.2, 0) is 20.1 Å². The highest BCUT2D eigenvalue weighted by Crippen LogP contribution is 2.10. The second-order valence-electron chi connectivity index (χ2n) is 6.58. The van der Waals surface area contributed by atoms with Crippen LogP contribution in [0, 0.1) is 13.8 Å². The highest BCUT2D eigenvalue weighted by molar-refractivity contribution is 5.80. The van der Waals surface area contributed by atoms with Crippen molar-refractivity contribution in [3.05, 3.63) is 29.2 Å². The molecule has 0 aromatic carbocycles. The van der Waals surface area contributed by atoms with Gasteiger partial charge in [0.1, 0.15) is 18.1 Å². The first-order chi connectivity index (χ1) is 12.6. The zero-order valence-corrected chi connectivity index (χ0v) is 16.1. The first-order valence-corrected chi connectivity index (χ1v) is 9.09. The summed E-state index contributed by atoms with van der Waals surface area (Å²) in [7, 11) is 1.97. The summed E-state index contributed by atoms with van der Waals surface area (Å²) < 4.78 is 7.13. The molecule has 0 aliphatic carbocycles. The third-order valence-corrected chi connectivity index (χ3v) is 4.62. The van der Waals surface area contributed by atoms with E-state index in [1.807, 2.05) is 31.5 Å². The van der Waals surface area contributed by atoms with E-state index in [-0.39, 0.29) is 0 Å². The SMILES string of the molecule is CCNC(=NCc1nnc(C)n1C)N1CCN(Cc2cc(C)on2)CC1. The second-order valence-corrected chi connectivity index (χ2v) is 6.58. The van der Waals surface area contributed by atoms with E-state index in [0.29, 0.717) is 6.54 Å². The molecule has 0 atom stereocenters. The van der Waals surface area contributed by atoms with Crippen molar-refractivity contribution in [2.45, 2.75) is 33.9 Å². The minimum Gasteiger partial charge on any atom is -0.361 e. The molecule has 9 nitrogen and oxygen atoms in total. The van der Waals surface area contributed by atoms with E-state index < -0.39 is 0 Å². The fraction of sp³-hybridized carbons (Fsp3) is 0.647. The Balaban J connectivity index is 1.57. The number of nitrogens with zero attached hydrogens (tertiary/aromatic N) is 7. The minimum atomic E-state index is 0.526. The number of nitrogens with one attached hydrogen (secondary N) is 1. The molecule has 0 bridgehead atoms. The summed E-state index contributed by atoms with van der Waals surface area (Å²) in [6, 6.07) is 2.00. The van der Waals surface area contributed by atoms with Crippen molar-refractivity contribution in [3.63, 3.8) is 0 Å². The summed E-state index contributed by atoms with van der Waals surface area (Å²) in [4.78, 5) is 9.45. The molecule has 1 saturated heterocycles. The fourth-order valence-electron chi connectivity index (χ4n) is 3.00. The number of guanidine groups is 1. The summed E-state index contributed by atoms with van der Waals surface area (Å²) in [6.45, 7) is 12.0. The lowest BCUT2D eigenvalue weighted by Crippen LogP contribution is -2.52. The van der Waals surface area contributed by atoms with Gasteiger partial charge in [0.05, 0.1) is 5.69 Å². The van der Waals surface area contributed by atoms with Gasteiger partial charge in [-0.2, -0.15) is 0 Å². The van der Waals surface area contributed by atoms with Crippen LogP contribution in [0.1, 0.15) is 30.0 Å². The lowest BCUT2D eigenvalue weighted by atomic mass is 10.3. The average Bonchev–Trinajstić information content (AvgIpc) is 3.19. The summed E-state index contributed by atoms with van der Waals surface area (Å²) in [5.41, 5.74) is 0.995. The maximum atomic E-state index is 5.15. The molecule has 0 spiro atoms. The molecule has 142 valence electrons. The van der Waals surface area contributed by atoms with Gasteiger partial charge in [-0.05, 0) is 20.8 Å². The van der Waals surface area contributed by atoms with Crippen molar-refractivity contribution < 1.29 is 4.52 Å². The lowest BCUT2D eigenvalue weighted by molar-refractivity contribution is 0.169. The van der Waals surface area contributed by atoms with Crippen molar-refractivity contribution in [1.29, 1.82) is 0 Å². The largest absolute Gasteiger partial charge is 0.361 e. The molecule has 1 fully saturated rings. The Morgan fingerprint density at radius 3 is 2.58 bits per heavy atom. The van der Waals surface area contributed by atoms with E-state index >= 15 is 0 Å². The molecule has 3 rings (SSSR count). The van der Waals surface area contributed by atoms with Crippen LogP contribution in [0.4, 0.5) is 0 Å². The molecular weight excluding hydrogens is 332 g/mol. The number of aryl methyl sites for hydroxylation is 2. The van der Waals surface area contributed by atoms with Crippen LogP contribution in [0.5, 0.6) is 0 Å². The Bertz CT molecular complexity index is 742. The van der Waals surface area contributed by atoms with Gasteiger partial charge in [-0.1, -0.05) is 5.16 Å². The van der Waals surface area contributed by atoms with E-state index in [0.717, 1.165) is 68.3 Å². The van der Waals surface area contributed by atoms with Gasteiger partial charge in [-0.25, -0.2) is 4.99 Å². The number of rotatable bonds is 5. The second kappa shape index (κ2) is 8.31. The van der Waals surface area contributed by atoms with Crippen molar-refractivity contribution in [2.24, 2.45) is 12.0 Å². The summed E-state index contributed by atoms with van der Waals surface area (Å²) in [6.07, 6.45) is 0. The number of hydrogen-bond acceptors (Lipinski definition) is 6. The van der Waals surface area contributed by atoms with E-state index in [2.05, 4.69) is 37.4 Å². The van der Waals surface area contributed by atoms with Crippen LogP contribution in [0.2, 0.25) is 0 Å². The molecule has 1 N–H and O–H groups in total. The van der Waals surface area contributed by atoms with Gasteiger partial charge in [0.2, 0.25) is 0 Å². The van der Waals surface area contributed by atoms with E-state index in [1.165, 1.54) is 0 Å². The van der Waals surface area contributed by atoms with Gasteiger partial charge in [0, 0.05) is 52.4 Å². The maximum Gasteiger partial charge on any atom is 0.194 e. The highest BCUT2D eigenvalue weighted by Gasteiger charge is 2.20. The first-order valence-electron chi connectivity index (χ1n) is 9.09. The molecule has 26 heavy (non-hydrogen) atoms. The third-order valence-electron chi connectivity index (χ3n) is 4.62. The molecular formula is C17H28N8O. The first kappa shape index (κ1) is 18.4. The van der Waals surface area contributed by atoms with Crippen LogP contribution >= 0.6 is 0 Å². The zero-order chi connectivity index (χ0) is 18.5. The number of piperazine rings is 1. The van der Waals surface area contributed by atoms with Gasteiger partial charge >= 0.3 is 0 Å². The Kier molecular flexibility index (Phi) is 5.87. The molecule has 3 heterocycles. The molecule has 2 aromatic rings. The van der Waals surface area contributed by atoms with Crippen LogP contribution in [0.25, 0.3) is 0 Å². The normalized spacial score (nSPS) is 16.3. The van der Waals surface area contributed by atoms with E-state index in [1.54, 1.807) is 0 Å². The number of hydrogen-bond donors (Lipinski definition) is 1. The number of aliphatic imine (C=N–C) groups is 1. The van der Waals surface area contributed by atoms with Gasteiger partial charge in [-0.3, -0.25) is 4.90 Å². The van der Waals surface area contributed by atoms with Crippen LogP contribution in [0.3, 0.4) is 0 Å². The van der Waals surface area contributed by atoms with Crippen molar-refractivity contribution >= 4 is 5.96 Å². The van der Waals surface area contributed by atoms with E-state index in [4.69, 9.17) is 9.52 Å². The van der Waals surface area contributed by atoms with Gasteiger partial charge in [0.15, 0.2) is 11.8 Å².